The molecule has 298 valence electrons. The van der Waals surface area contributed by atoms with E-state index in [9.17, 15) is 145 Å². The molecule has 0 radical (unpaired) electrons. The molecule has 0 nitrogen and oxygen atoms in total. The van der Waals surface area contributed by atoms with Crippen LogP contribution < -0.4 is 0 Å². The molecule has 0 aliphatic carbocycles. The highest BCUT2D eigenvalue weighted by atomic mass is 19.5. The van der Waals surface area contributed by atoms with E-state index in [2.05, 4.69) is 0 Å². The SMILES string of the molecule is FC(C(F)(F)F)C(F)(F)C(F)(F)C(F)(F)C(F)(F)C(F)(F)C(F)(F)C(F)(F)C(F)(F)F.FC(C(F)C(F)(C(F)(F)F)C(F)(F)F)C(F)(F)F. The number of alkyl halides is 33. The van der Waals surface area contributed by atoms with Gasteiger partial charge in [-0.15, -0.1) is 0 Å². The lowest BCUT2D eigenvalue weighted by Crippen LogP contribution is -2.75. The monoisotopic (exact) mass is 822 g/mol. The number of halogens is 33. The summed E-state index contributed by atoms with van der Waals surface area (Å²) in [5.41, 5.74) is -6.95. The Hall–Kier alpha value is -2.31. The maximum atomic E-state index is 13.1. The lowest BCUT2D eigenvalue weighted by atomic mass is 9.88. The summed E-state index contributed by atoms with van der Waals surface area (Å²) in [5, 5.41) is 0. The van der Waals surface area contributed by atoms with Crippen LogP contribution in [0.2, 0.25) is 0 Å². The van der Waals surface area contributed by atoms with Crippen molar-refractivity contribution in [3.8, 4) is 0 Å². The van der Waals surface area contributed by atoms with Crippen LogP contribution in [0.15, 0.2) is 0 Å². The quantitative estimate of drug-likeness (QED) is 0.203. The van der Waals surface area contributed by atoms with Crippen molar-refractivity contribution in [2.45, 2.75) is 96.5 Å². The van der Waals surface area contributed by atoms with Crippen molar-refractivity contribution in [2.75, 3.05) is 0 Å². The highest BCUT2D eigenvalue weighted by Crippen LogP contribution is 2.65. The number of hydrogen-bond acceptors (Lipinski definition) is 0. The zero-order valence-corrected chi connectivity index (χ0v) is 20.7. The minimum Gasteiger partial charge on any atom is -0.240 e. The van der Waals surface area contributed by atoms with Gasteiger partial charge in [-0.3, -0.25) is 0 Å². The summed E-state index contributed by atoms with van der Waals surface area (Å²) in [6.45, 7) is 0. The average Bonchev–Trinajstić information content (AvgIpc) is 2.83. The van der Waals surface area contributed by atoms with Gasteiger partial charge in [0.05, 0.1) is 0 Å². The highest BCUT2D eigenvalue weighted by Gasteiger charge is 2.96. The minimum atomic E-state index is -9.06. The Bertz CT molecular complexity index is 1070. The van der Waals surface area contributed by atoms with Gasteiger partial charge in [0, 0.05) is 0 Å². The largest absolute Gasteiger partial charge is 0.460 e. The van der Waals surface area contributed by atoms with Gasteiger partial charge in [0.15, 0.2) is 6.17 Å². The van der Waals surface area contributed by atoms with Gasteiger partial charge < -0.3 is 0 Å². The Morgan fingerprint density at radius 1 is 0.245 bits per heavy atom. The van der Waals surface area contributed by atoms with Gasteiger partial charge in [-0.25, -0.2) is 17.6 Å². The highest BCUT2D eigenvalue weighted by molar-refractivity contribution is 5.16. The van der Waals surface area contributed by atoms with E-state index in [1.807, 2.05) is 0 Å². The molecule has 3 unspecified atom stereocenters. The Kier molecular flexibility index (Phi) is 12.7. The predicted octanol–water partition coefficient (Wildman–Crippen LogP) is 11.0. The zero-order chi connectivity index (χ0) is 41.2. The van der Waals surface area contributed by atoms with E-state index < -0.39 is 96.5 Å². The van der Waals surface area contributed by atoms with Gasteiger partial charge in [-0.2, -0.15) is 127 Å². The molecule has 0 saturated carbocycles. The standard InChI is InChI=1S/C10HF21.C6H2F12/c11-1(3(14,15)16)2(12,13)4(17,18)5(19,20)6(21,22)7(23,24)8(25,26)9(27,28)10(29,30)31;7-1(2(8)4(10,11)12)3(9,5(13,14)15)6(16,17)18/h1H;1-2H. The molecule has 0 aliphatic rings. The normalized spacial score (nSPS) is 18.1. The van der Waals surface area contributed by atoms with Crippen LogP contribution in [0.25, 0.3) is 0 Å². The molecule has 0 spiro atoms. The maximum Gasteiger partial charge on any atom is 0.460 e. The molecule has 0 amide bonds. The molecule has 0 aromatic carbocycles. The summed E-state index contributed by atoms with van der Waals surface area (Å²) in [6.07, 6.45) is -53.2. The number of hydrogen-bond donors (Lipinski definition) is 0. The van der Waals surface area contributed by atoms with Crippen molar-refractivity contribution in [1.82, 2.24) is 0 Å². The van der Waals surface area contributed by atoms with Crippen LogP contribution in [-0.2, 0) is 0 Å². The van der Waals surface area contributed by atoms with Crippen LogP contribution in [0.5, 0.6) is 0 Å². The summed E-state index contributed by atoms with van der Waals surface area (Å²) in [7, 11) is 0. The molecule has 33 heteroatoms. The molecule has 3 atom stereocenters. The third-order valence-corrected chi connectivity index (χ3v) is 5.13. The second kappa shape index (κ2) is 12.7. The third-order valence-electron chi connectivity index (χ3n) is 5.13. The van der Waals surface area contributed by atoms with Crippen LogP contribution in [0.3, 0.4) is 0 Å². The van der Waals surface area contributed by atoms with Gasteiger partial charge in [0.25, 0.3) is 6.17 Å². The van der Waals surface area contributed by atoms with Crippen molar-refractivity contribution in [1.29, 1.82) is 0 Å². The fraction of sp³-hybridized carbons (Fsp3) is 1.00. The van der Waals surface area contributed by atoms with Crippen LogP contribution in [0.4, 0.5) is 145 Å². The first kappa shape index (κ1) is 48.8. The molecule has 0 bridgehead atoms. The van der Waals surface area contributed by atoms with Crippen LogP contribution in [0, 0.1) is 0 Å². The fourth-order valence-electron chi connectivity index (χ4n) is 2.38. The van der Waals surface area contributed by atoms with Gasteiger partial charge in [0.2, 0.25) is 6.17 Å². The Labute approximate surface area is 243 Å². The molecule has 0 aromatic heterocycles. The smallest absolute Gasteiger partial charge is 0.240 e. The van der Waals surface area contributed by atoms with Crippen molar-refractivity contribution < 1.29 is 145 Å². The van der Waals surface area contributed by atoms with E-state index in [0.717, 1.165) is 0 Å². The molecule has 0 saturated heterocycles. The van der Waals surface area contributed by atoms with E-state index in [1.54, 1.807) is 0 Å². The molecular formula is C16H3F33. The second-order valence-corrected chi connectivity index (χ2v) is 8.52. The molecule has 0 rings (SSSR count). The second-order valence-electron chi connectivity index (χ2n) is 8.52. The van der Waals surface area contributed by atoms with Gasteiger partial charge in [-0.1, -0.05) is 0 Å². The summed E-state index contributed by atoms with van der Waals surface area (Å²) < 4.78 is 405. The zero-order valence-electron chi connectivity index (χ0n) is 20.7. The minimum absolute atomic E-state index is 5.27. The van der Waals surface area contributed by atoms with Gasteiger partial charge in [-0.05, 0) is 0 Å². The molecular weight excluding hydrogens is 819 g/mol. The molecule has 0 aliphatic heterocycles. The fourth-order valence-corrected chi connectivity index (χ4v) is 2.38. The Morgan fingerprint density at radius 2 is 0.490 bits per heavy atom. The molecule has 49 heavy (non-hydrogen) atoms. The lowest BCUT2D eigenvalue weighted by Gasteiger charge is -2.43. The first-order valence-electron chi connectivity index (χ1n) is 10.1. The maximum absolute atomic E-state index is 13.1. The molecule has 0 N–H and O–H groups in total. The van der Waals surface area contributed by atoms with E-state index in [-0.39, 0.29) is 0 Å². The number of rotatable bonds is 9. The average molecular weight is 822 g/mol. The first-order chi connectivity index (χ1) is 20.5. The molecule has 0 fully saturated rings. The van der Waals surface area contributed by atoms with E-state index in [0.29, 0.717) is 0 Å². The Morgan fingerprint density at radius 3 is 0.694 bits per heavy atom. The van der Waals surface area contributed by atoms with Crippen molar-refractivity contribution in [3.05, 3.63) is 0 Å². The summed E-state index contributed by atoms with van der Waals surface area (Å²) >= 11 is 0. The van der Waals surface area contributed by atoms with E-state index in [1.165, 1.54) is 0 Å². The third kappa shape index (κ3) is 7.66. The van der Waals surface area contributed by atoms with E-state index >= 15 is 0 Å². The summed E-state index contributed by atoms with van der Waals surface area (Å²) in [5.74, 6) is -61.1. The Balaban J connectivity index is 0. The topological polar surface area (TPSA) is 0 Å². The lowest BCUT2D eigenvalue weighted by molar-refractivity contribution is -0.466. The van der Waals surface area contributed by atoms with Crippen LogP contribution in [-0.4, -0.2) is 96.5 Å². The van der Waals surface area contributed by atoms with Gasteiger partial charge >= 0.3 is 78.0 Å². The first-order valence-corrected chi connectivity index (χ1v) is 10.1. The van der Waals surface area contributed by atoms with Crippen molar-refractivity contribution >= 4 is 0 Å². The predicted molar refractivity (Wildman–Crippen MR) is 83.4 cm³/mol. The van der Waals surface area contributed by atoms with Crippen molar-refractivity contribution in [3.63, 3.8) is 0 Å². The van der Waals surface area contributed by atoms with E-state index in [4.69, 9.17) is 0 Å². The van der Waals surface area contributed by atoms with Crippen molar-refractivity contribution in [2.24, 2.45) is 0 Å². The van der Waals surface area contributed by atoms with Crippen LogP contribution in [0.1, 0.15) is 0 Å². The molecule has 0 heterocycles. The summed E-state index contributed by atoms with van der Waals surface area (Å²) in [6, 6.07) is 0. The summed E-state index contributed by atoms with van der Waals surface area (Å²) in [4.78, 5) is 0. The van der Waals surface area contributed by atoms with Gasteiger partial charge in [0.1, 0.15) is 0 Å². The van der Waals surface area contributed by atoms with Crippen LogP contribution >= 0.6 is 0 Å². The molecule has 0 aromatic rings.